The van der Waals surface area contributed by atoms with Gasteiger partial charge in [-0.05, 0) is 74.0 Å². The normalized spacial score (nSPS) is 25.7. The van der Waals surface area contributed by atoms with Crippen molar-refractivity contribution in [3.05, 3.63) is 23.8 Å². The summed E-state index contributed by atoms with van der Waals surface area (Å²) in [5, 5.41) is 4.89. The zero-order valence-electron chi connectivity index (χ0n) is 31.0. The highest BCUT2D eigenvalue weighted by atomic mass is 32.2. The average molecular weight is 762 g/mol. The number of carbonyl (C=O) groups is 5. The van der Waals surface area contributed by atoms with Gasteiger partial charge in [0.2, 0.25) is 28.6 Å². The number of nitrogens with zero attached hydrogens (tertiary/aromatic N) is 2. The molecule has 0 bridgehead atoms. The molecule has 2 heterocycles. The fourth-order valence-electron chi connectivity index (χ4n) is 7.40. The SMILES string of the molecule is CC[C@H]1C[C@@]1(NC(=O)C1C[C@@H](OC(=O)N(C)Cc2ccc3c(c2)OCO3)CN1C(=O)[C@@H](NC(=O)OC1CCCC1)C(C)(C)C)C(=O)NS(=O)(=O)C1CC1. The number of fused-ring (bicyclic) bond motifs is 1. The molecule has 292 valence electrons. The fraction of sp³-hybridized carbons (Fsp3) is 0.694. The number of hydrogen-bond donors (Lipinski definition) is 3. The standard InChI is InChI=1S/C36H51N5O11S/c1-6-22-17-36(22,32(44)39-53(47,48)25-12-13-25)38-30(42)26-16-24(52-34(46)40(5)18-21-11-14-27-28(15-21)50-20-49-27)19-41(26)31(43)29(35(2,3)4)37-33(45)51-23-9-7-8-10-23/h11,14-15,22-26,29H,6-10,12-13,16-20H2,1-5H3,(H,37,45)(H,38,42)(H,39,44)/t22-,24+,26?,29+,36-/m0/s1. The van der Waals surface area contributed by atoms with Crippen LogP contribution in [0.1, 0.15) is 91.0 Å². The van der Waals surface area contributed by atoms with Crippen LogP contribution in [0.15, 0.2) is 18.2 Å². The molecule has 17 heteroatoms. The van der Waals surface area contributed by atoms with Crippen LogP contribution in [0.4, 0.5) is 9.59 Å². The summed E-state index contributed by atoms with van der Waals surface area (Å²) in [6, 6.07) is 2.98. The minimum Gasteiger partial charge on any atom is -0.454 e. The molecule has 0 radical (unpaired) electrons. The lowest BCUT2D eigenvalue weighted by molar-refractivity contribution is -0.143. The van der Waals surface area contributed by atoms with Gasteiger partial charge in [0.25, 0.3) is 5.91 Å². The number of carbonyl (C=O) groups excluding carboxylic acids is 5. The Hall–Kier alpha value is -4.28. The maximum atomic E-state index is 14.4. The molecule has 1 aromatic rings. The molecule has 1 aromatic carbocycles. The van der Waals surface area contributed by atoms with Crippen LogP contribution in [0, 0.1) is 11.3 Å². The Morgan fingerprint density at radius 1 is 1.02 bits per heavy atom. The maximum absolute atomic E-state index is 14.4. The summed E-state index contributed by atoms with van der Waals surface area (Å²) in [4.78, 5) is 71.1. The van der Waals surface area contributed by atoms with E-state index in [1.165, 1.54) is 9.80 Å². The number of sulfonamides is 1. The molecule has 3 N–H and O–H groups in total. The number of amides is 5. The molecule has 5 atom stereocenters. The fourth-order valence-corrected chi connectivity index (χ4v) is 8.77. The Labute approximate surface area is 310 Å². The van der Waals surface area contributed by atoms with Crippen molar-refractivity contribution in [2.45, 2.75) is 127 Å². The number of hydrogen-bond acceptors (Lipinski definition) is 11. The maximum Gasteiger partial charge on any atom is 0.410 e. The van der Waals surface area contributed by atoms with E-state index in [9.17, 15) is 32.4 Å². The molecule has 3 aliphatic carbocycles. The number of alkyl carbamates (subject to hydrolysis) is 1. The Morgan fingerprint density at radius 3 is 2.36 bits per heavy atom. The third kappa shape index (κ3) is 8.60. The summed E-state index contributed by atoms with van der Waals surface area (Å²) in [6.07, 6.45) is 2.31. The van der Waals surface area contributed by atoms with E-state index in [2.05, 4.69) is 15.4 Å². The highest BCUT2D eigenvalue weighted by Gasteiger charge is 2.62. The molecule has 1 unspecified atom stereocenters. The number of nitrogens with one attached hydrogen (secondary N) is 3. The van der Waals surface area contributed by atoms with Crippen LogP contribution in [0.3, 0.4) is 0 Å². The molecule has 2 aliphatic heterocycles. The first-order chi connectivity index (χ1) is 25.0. The summed E-state index contributed by atoms with van der Waals surface area (Å²) in [5.41, 5.74) is -1.54. The molecule has 1 saturated heterocycles. The van der Waals surface area contributed by atoms with Crippen LogP contribution in [0.25, 0.3) is 0 Å². The average Bonchev–Trinajstić information content (AvgIpc) is 3.88. The second kappa shape index (κ2) is 14.9. The second-order valence-electron chi connectivity index (χ2n) is 16.0. The first kappa shape index (κ1) is 38.4. The van der Waals surface area contributed by atoms with Gasteiger partial charge in [0.15, 0.2) is 11.5 Å². The minimum atomic E-state index is -3.89. The predicted octanol–water partition coefficient (Wildman–Crippen LogP) is 2.93. The number of rotatable bonds is 12. The quantitative estimate of drug-likeness (QED) is 0.283. The Balaban J connectivity index is 1.20. The van der Waals surface area contributed by atoms with Crippen LogP contribution >= 0.6 is 0 Å². The molecule has 53 heavy (non-hydrogen) atoms. The van der Waals surface area contributed by atoms with E-state index in [1.54, 1.807) is 46.0 Å². The van der Waals surface area contributed by atoms with Crippen LogP contribution < -0.4 is 24.8 Å². The van der Waals surface area contributed by atoms with Gasteiger partial charge < -0.3 is 39.4 Å². The van der Waals surface area contributed by atoms with E-state index in [-0.39, 0.29) is 44.7 Å². The molecule has 0 spiro atoms. The van der Waals surface area contributed by atoms with Crippen molar-refractivity contribution in [2.75, 3.05) is 20.4 Å². The first-order valence-corrected chi connectivity index (χ1v) is 20.0. The lowest BCUT2D eigenvalue weighted by Crippen LogP contribution is -2.60. The van der Waals surface area contributed by atoms with Gasteiger partial charge in [-0.2, -0.15) is 0 Å². The molecule has 6 rings (SSSR count). The molecule has 3 saturated carbocycles. The first-order valence-electron chi connectivity index (χ1n) is 18.5. The summed E-state index contributed by atoms with van der Waals surface area (Å²) in [7, 11) is -2.33. The van der Waals surface area contributed by atoms with E-state index >= 15 is 0 Å². The van der Waals surface area contributed by atoms with Crippen molar-refractivity contribution in [2.24, 2.45) is 11.3 Å². The van der Waals surface area contributed by atoms with Crippen LogP contribution in [-0.2, 0) is 40.4 Å². The molecular formula is C36H51N5O11S. The monoisotopic (exact) mass is 761 g/mol. The van der Waals surface area contributed by atoms with E-state index in [0.29, 0.717) is 30.8 Å². The summed E-state index contributed by atoms with van der Waals surface area (Å²) in [6.45, 7) is 7.28. The van der Waals surface area contributed by atoms with Crippen molar-refractivity contribution >= 4 is 39.9 Å². The lowest BCUT2D eigenvalue weighted by Gasteiger charge is -2.35. The van der Waals surface area contributed by atoms with Gasteiger partial charge in [0, 0.05) is 20.0 Å². The second-order valence-corrected chi connectivity index (χ2v) is 18.0. The largest absolute Gasteiger partial charge is 0.454 e. The molecular weight excluding hydrogens is 710 g/mol. The van der Waals surface area contributed by atoms with Gasteiger partial charge in [-0.3, -0.25) is 19.1 Å². The number of likely N-dealkylation sites (tertiary alicyclic amines) is 1. The third-order valence-corrected chi connectivity index (χ3v) is 12.6. The van der Waals surface area contributed by atoms with E-state index < -0.39 is 74.3 Å². The van der Waals surface area contributed by atoms with Crippen LogP contribution in [-0.4, -0.2) is 104 Å². The summed E-state index contributed by atoms with van der Waals surface area (Å²) in [5.74, 6) is -1.24. The smallest absolute Gasteiger partial charge is 0.410 e. The molecule has 4 fully saturated rings. The topological polar surface area (TPSA) is 199 Å². The van der Waals surface area contributed by atoms with E-state index in [4.69, 9.17) is 18.9 Å². The van der Waals surface area contributed by atoms with Gasteiger partial charge >= 0.3 is 12.2 Å². The van der Waals surface area contributed by atoms with Crippen molar-refractivity contribution in [3.8, 4) is 11.5 Å². The van der Waals surface area contributed by atoms with Crippen LogP contribution in [0.2, 0.25) is 0 Å². The summed E-state index contributed by atoms with van der Waals surface area (Å²) >= 11 is 0. The lowest BCUT2D eigenvalue weighted by atomic mass is 9.85. The predicted molar refractivity (Wildman–Crippen MR) is 189 cm³/mol. The Bertz CT molecular complexity index is 1720. The number of benzene rings is 1. The number of ether oxygens (including phenoxy) is 4. The van der Waals surface area contributed by atoms with Crippen molar-refractivity contribution < 1.29 is 51.3 Å². The third-order valence-electron chi connectivity index (χ3n) is 10.8. The van der Waals surface area contributed by atoms with Gasteiger partial charge in [-0.25, -0.2) is 18.0 Å². The Morgan fingerprint density at radius 2 is 1.72 bits per heavy atom. The van der Waals surface area contributed by atoms with Crippen LogP contribution in [0.5, 0.6) is 11.5 Å². The van der Waals surface area contributed by atoms with Crippen molar-refractivity contribution in [1.29, 1.82) is 0 Å². The van der Waals surface area contributed by atoms with Crippen molar-refractivity contribution in [1.82, 2.24) is 25.2 Å². The van der Waals surface area contributed by atoms with E-state index in [1.807, 2.05) is 6.92 Å². The summed E-state index contributed by atoms with van der Waals surface area (Å²) < 4.78 is 49.8. The van der Waals surface area contributed by atoms with Gasteiger partial charge in [-0.1, -0.05) is 40.2 Å². The van der Waals surface area contributed by atoms with Gasteiger partial charge in [0.05, 0.1) is 11.8 Å². The highest BCUT2D eigenvalue weighted by molar-refractivity contribution is 7.91. The van der Waals surface area contributed by atoms with Gasteiger partial charge in [0.1, 0.15) is 29.8 Å². The zero-order chi connectivity index (χ0) is 38.3. The highest BCUT2D eigenvalue weighted by Crippen LogP contribution is 2.47. The molecule has 5 aliphatic rings. The van der Waals surface area contributed by atoms with Crippen molar-refractivity contribution in [3.63, 3.8) is 0 Å². The van der Waals surface area contributed by atoms with Gasteiger partial charge in [-0.15, -0.1) is 0 Å². The molecule has 16 nitrogen and oxygen atoms in total. The Kier molecular flexibility index (Phi) is 10.8. The molecule has 0 aromatic heterocycles. The minimum absolute atomic E-state index is 0.0978. The van der Waals surface area contributed by atoms with E-state index in [0.717, 1.165) is 31.2 Å². The molecule has 5 amide bonds. The zero-order valence-corrected chi connectivity index (χ0v) is 31.8.